The molecule has 1 atom stereocenters. The van der Waals surface area contributed by atoms with Crippen LogP contribution >= 0.6 is 0 Å². The molecule has 2 aromatic carbocycles. The number of hydrogen-bond acceptors (Lipinski definition) is 5. The number of aromatic amines is 1. The molecule has 2 heterocycles. The highest BCUT2D eigenvalue weighted by Crippen LogP contribution is 2.40. The molecule has 8 heteroatoms. The number of nitro groups is 1. The molecule has 0 fully saturated rings. The minimum absolute atomic E-state index is 0.0524. The standard InChI is InChI=1S/C18H14N4O4/c1-26-11-6-4-5-10(9-11)15-14-16(19-18(23)17(14)21-20-15)12-7-2-3-8-13(12)22(24)25/h2-9,16H,1H3,(H,19,23)(H,20,21)/t16-/m1/s1. The number of fused-ring (bicyclic) bond motifs is 1. The molecule has 0 unspecified atom stereocenters. The molecule has 1 aromatic heterocycles. The Kier molecular flexibility index (Phi) is 3.65. The largest absolute Gasteiger partial charge is 0.497 e. The highest BCUT2D eigenvalue weighted by atomic mass is 16.6. The summed E-state index contributed by atoms with van der Waals surface area (Å²) in [7, 11) is 1.56. The number of nitro benzene ring substituents is 1. The van der Waals surface area contributed by atoms with Gasteiger partial charge in [0.2, 0.25) is 0 Å². The van der Waals surface area contributed by atoms with E-state index in [1.807, 2.05) is 12.1 Å². The van der Waals surface area contributed by atoms with Crippen molar-refractivity contribution in [1.29, 1.82) is 0 Å². The monoisotopic (exact) mass is 350 g/mol. The summed E-state index contributed by atoms with van der Waals surface area (Å²) in [6, 6.07) is 13.0. The van der Waals surface area contributed by atoms with Crippen LogP contribution in [-0.4, -0.2) is 28.1 Å². The van der Waals surface area contributed by atoms with Crippen molar-refractivity contribution in [3.63, 3.8) is 0 Å². The van der Waals surface area contributed by atoms with Gasteiger partial charge in [-0.25, -0.2) is 0 Å². The molecule has 3 aromatic rings. The van der Waals surface area contributed by atoms with E-state index >= 15 is 0 Å². The summed E-state index contributed by atoms with van der Waals surface area (Å²) in [4.78, 5) is 23.3. The van der Waals surface area contributed by atoms with Gasteiger partial charge >= 0.3 is 0 Å². The van der Waals surface area contributed by atoms with Gasteiger partial charge in [0, 0.05) is 17.2 Å². The highest BCUT2D eigenvalue weighted by Gasteiger charge is 2.38. The third kappa shape index (κ3) is 2.39. The molecule has 130 valence electrons. The van der Waals surface area contributed by atoms with Crippen LogP contribution in [0.3, 0.4) is 0 Å². The maximum absolute atomic E-state index is 12.3. The first kappa shape index (κ1) is 15.8. The number of ether oxygens (including phenoxy) is 1. The summed E-state index contributed by atoms with van der Waals surface area (Å²) in [5, 5.41) is 21.2. The molecule has 26 heavy (non-hydrogen) atoms. The first-order valence-electron chi connectivity index (χ1n) is 7.87. The van der Waals surface area contributed by atoms with Crippen molar-refractivity contribution in [3.8, 4) is 17.0 Å². The molecular weight excluding hydrogens is 336 g/mol. The molecule has 1 aliphatic heterocycles. The van der Waals surface area contributed by atoms with E-state index in [4.69, 9.17) is 4.74 Å². The topological polar surface area (TPSA) is 110 Å². The molecule has 4 rings (SSSR count). The molecule has 8 nitrogen and oxygen atoms in total. The third-order valence-corrected chi connectivity index (χ3v) is 4.38. The van der Waals surface area contributed by atoms with Crippen molar-refractivity contribution in [2.75, 3.05) is 7.11 Å². The zero-order chi connectivity index (χ0) is 18.3. The number of carbonyl (C=O) groups is 1. The average Bonchev–Trinajstić information content (AvgIpc) is 3.23. The van der Waals surface area contributed by atoms with E-state index in [0.717, 1.165) is 5.56 Å². The van der Waals surface area contributed by atoms with Crippen LogP contribution < -0.4 is 10.1 Å². The number of nitrogens with one attached hydrogen (secondary N) is 2. The molecule has 0 aliphatic carbocycles. The second-order valence-electron chi connectivity index (χ2n) is 5.82. The Bertz CT molecular complexity index is 1030. The fraction of sp³-hybridized carbons (Fsp3) is 0.111. The van der Waals surface area contributed by atoms with Crippen molar-refractivity contribution in [3.05, 3.63) is 75.5 Å². The van der Waals surface area contributed by atoms with Crippen LogP contribution in [0.15, 0.2) is 48.5 Å². The van der Waals surface area contributed by atoms with Crippen LogP contribution in [0.1, 0.15) is 27.7 Å². The van der Waals surface area contributed by atoms with E-state index in [1.165, 1.54) is 6.07 Å². The Labute approximate surface area is 148 Å². The van der Waals surface area contributed by atoms with Gasteiger partial charge in [-0.2, -0.15) is 5.10 Å². The van der Waals surface area contributed by atoms with Crippen LogP contribution in [0.5, 0.6) is 5.75 Å². The van der Waals surface area contributed by atoms with Crippen molar-refractivity contribution in [2.24, 2.45) is 0 Å². The normalized spacial score (nSPS) is 15.4. The zero-order valence-corrected chi connectivity index (χ0v) is 13.7. The summed E-state index contributed by atoms with van der Waals surface area (Å²) >= 11 is 0. The van der Waals surface area contributed by atoms with Gasteiger partial charge in [-0.3, -0.25) is 20.0 Å². The number of aromatic nitrogens is 2. The molecular formula is C18H14N4O4. The number of H-pyrrole nitrogens is 1. The lowest BCUT2D eigenvalue weighted by molar-refractivity contribution is -0.385. The average molecular weight is 350 g/mol. The van der Waals surface area contributed by atoms with Crippen molar-refractivity contribution < 1.29 is 14.5 Å². The van der Waals surface area contributed by atoms with E-state index < -0.39 is 11.0 Å². The fourth-order valence-electron chi connectivity index (χ4n) is 3.20. The summed E-state index contributed by atoms with van der Waals surface area (Å²) in [6.45, 7) is 0. The van der Waals surface area contributed by atoms with Gasteiger partial charge in [0.25, 0.3) is 11.6 Å². The second-order valence-corrected chi connectivity index (χ2v) is 5.82. The fourth-order valence-corrected chi connectivity index (χ4v) is 3.20. The number of nitrogens with zero attached hydrogens (tertiary/aromatic N) is 2. The van der Waals surface area contributed by atoms with Crippen LogP contribution in [0.4, 0.5) is 5.69 Å². The van der Waals surface area contributed by atoms with Crippen LogP contribution in [-0.2, 0) is 0 Å². The number of rotatable bonds is 4. The van der Waals surface area contributed by atoms with Gasteiger partial charge in [-0.15, -0.1) is 0 Å². The Balaban J connectivity index is 1.89. The van der Waals surface area contributed by atoms with Gasteiger partial charge in [0.1, 0.15) is 11.4 Å². The number of para-hydroxylation sites is 1. The first-order chi connectivity index (χ1) is 12.6. The summed E-state index contributed by atoms with van der Waals surface area (Å²) in [5.41, 5.74) is 2.57. The zero-order valence-electron chi connectivity index (χ0n) is 13.7. The van der Waals surface area contributed by atoms with Crippen LogP contribution in [0.25, 0.3) is 11.3 Å². The molecule has 2 N–H and O–H groups in total. The molecule has 0 saturated heterocycles. The third-order valence-electron chi connectivity index (χ3n) is 4.38. The lowest BCUT2D eigenvalue weighted by Crippen LogP contribution is -2.21. The predicted octanol–water partition coefficient (Wildman–Crippen LogP) is 2.83. The van der Waals surface area contributed by atoms with Crippen LogP contribution in [0.2, 0.25) is 0 Å². The number of methoxy groups -OCH3 is 1. The summed E-state index contributed by atoms with van der Waals surface area (Å²) < 4.78 is 5.25. The Morgan fingerprint density at radius 3 is 2.77 bits per heavy atom. The quantitative estimate of drug-likeness (QED) is 0.555. The van der Waals surface area contributed by atoms with Crippen molar-refractivity contribution in [1.82, 2.24) is 15.5 Å². The van der Waals surface area contributed by atoms with E-state index in [2.05, 4.69) is 15.5 Å². The van der Waals surface area contributed by atoms with Crippen molar-refractivity contribution >= 4 is 11.6 Å². The minimum Gasteiger partial charge on any atom is -0.497 e. The van der Waals surface area contributed by atoms with Crippen LogP contribution in [0, 0.1) is 10.1 Å². The minimum atomic E-state index is -0.654. The van der Waals surface area contributed by atoms with E-state index in [-0.39, 0.29) is 11.6 Å². The number of hydrogen-bond donors (Lipinski definition) is 2. The predicted molar refractivity (Wildman–Crippen MR) is 93.0 cm³/mol. The number of carbonyl (C=O) groups excluding carboxylic acids is 1. The summed E-state index contributed by atoms with van der Waals surface area (Å²) in [6.07, 6.45) is 0. The molecule has 1 aliphatic rings. The van der Waals surface area contributed by atoms with Gasteiger partial charge in [-0.1, -0.05) is 24.3 Å². The van der Waals surface area contributed by atoms with E-state index in [9.17, 15) is 14.9 Å². The second kappa shape index (κ2) is 5.99. The lowest BCUT2D eigenvalue weighted by atomic mass is 9.95. The SMILES string of the molecule is COc1cccc(-c2n[nH]c3c2[C@@H](c2ccccc2[N+](=O)[O-])NC3=O)c1. The maximum atomic E-state index is 12.3. The van der Waals surface area contributed by atoms with E-state index in [0.29, 0.717) is 28.3 Å². The Morgan fingerprint density at radius 2 is 2.00 bits per heavy atom. The van der Waals surface area contributed by atoms with Gasteiger partial charge in [-0.05, 0) is 18.2 Å². The highest BCUT2D eigenvalue weighted by molar-refractivity contribution is 6.00. The lowest BCUT2D eigenvalue weighted by Gasteiger charge is -2.13. The maximum Gasteiger partial charge on any atom is 0.275 e. The Morgan fingerprint density at radius 1 is 1.19 bits per heavy atom. The Hall–Kier alpha value is -3.68. The number of benzene rings is 2. The first-order valence-corrected chi connectivity index (χ1v) is 7.87. The molecule has 1 amide bonds. The van der Waals surface area contributed by atoms with E-state index in [1.54, 1.807) is 37.4 Å². The molecule has 0 spiro atoms. The van der Waals surface area contributed by atoms with Gasteiger partial charge < -0.3 is 10.1 Å². The van der Waals surface area contributed by atoms with Gasteiger partial charge in [0.15, 0.2) is 0 Å². The summed E-state index contributed by atoms with van der Waals surface area (Å²) in [5.74, 6) is 0.309. The molecule has 0 radical (unpaired) electrons. The smallest absolute Gasteiger partial charge is 0.275 e. The molecule has 0 bridgehead atoms. The molecule has 0 saturated carbocycles. The van der Waals surface area contributed by atoms with Gasteiger partial charge in [0.05, 0.1) is 29.3 Å². The number of amides is 1. The van der Waals surface area contributed by atoms with Crippen molar-refractivity contribution in [2.45, 2.75) is 6.04 Å².